The summed E-state index contributed by atoms with van der Waals surface area (Å²) < 4.78 is 23.7. The van der Waals surface area contributed by atoms with E-state index < -0.39 is 17.6 Å². The molecule has 2 aromatic rings. The van der Waals surface area contributed by atoms with Crippen LogP contribution in [0.15, 0.2) is 47.4 Å². The largest absolute Gasteiger partial charge is 0.493 e. The lowest BCUT2D eigenvalue weighted by Gasteiger charge is -2.17. The fourth-order valence-corrected chi connectivity index (χ4v) is 3.72. The van der Waals surface area contributed by atoms with Crippen LogP contribution in [0.2, 0.25) is 0 Å². The molecule has 6 nitrogen and oxygen atoms in total. The molecule has 0 bridgehead atoms. The molecular formula is C20H18FNO5S. The van der Waals surface area contributed by atoms with Crippen LogP contribution in [0.3, 0.4) is 0 Å². The van der Waals surface area contributed by atoms with Gasteiger partial charge in [0.2, 0.25) is 0 Å². The molecule has 0 aromatic heterocycles. The maximum atomic E-state index is 13.3. The van der Waals surface area contributed by atoms with Crippen LogP contribution in [0.1, 0.15) is 5.56 Å². The number of thioether (sulfide) groups is 1. The van der Waals surface area contributed by atoms with E-state index in [1.807, 2.05) is 0 Å². The lowest BCUT2D eigenvalue weighted by molar-refractivity contribution is -0.119. The molecule has 146 valence electrons. The third-order valence-electron chi connectivity index (χ3n) is 4.14. The van der Waals surface area contributed by atoms with Gasteiger partial charge in [0.15, 0.2) is 11.5 Å². The minimum absolute atomic E-state index is 0.150. The predicted octanol–water partition coefficient (Wildman–Crippen LogP) is 2.85. The van der Waals surface area contributed by atoms with E-state index >= 15 is 0 Å². The van der Waals surface area contributed by atoms with E-state index in [1.165, 1.54) is 44.6 Å². The van der Waals surface area contributed by atoms with Crippen molar-refractivity contribution in [3.63, 3.8) is 0 Å². The maximum Gasteiger partial charge on any atom is 0.272 e. The molecule has 0 saturated heterocycles. The molecule has 0 atom stereocenters. The van der Waals surface area contributed by atoms with Gasteiger partial charge in [0.05, 0.1) is 37.0 Å². The first kappa shape index (κ1) is 19.9. The number of hydrogen-bond donors (Lipinski definition) is 1. The molecule has 1 N–H and O–H groups in total. The molecule has 2 amide bonds. The van der Waals surface area contributed by atoms with Crippen molar-refractivity contribution in [3.8, 4) is 11.5 Å². The number of halogens is 1. The summed E-state index contributed by atoms with van der Waals surface area (Å²) in [5.74, 6) is -0.382. The molecule has 0 fully saturated rings. The van der Waals surface area contributed by atoms with Crippen LogP contribution in [0.5, 0.6) is 11.5 Å². The predicted molar refractivity (Wildman–Crippen MR) is 105 cm³/mol. The Morgan fingerprint density at radius 2 is 1.68 bits per heavy atom. The molecular weight excluding hydrogens is 385 g/mol. The lowest BCUT2D eigenvalue weighted by Crippen LogP contribution is -2.31. The highest BCUT2D eigenvalue weighted by Crippen LogP contribution is 2.40. The quantitative estimate of drug-likeness (QED) is 0.717. The third-order valence-corrected chi connectivity index (χ3v) is 5.19. The number of aliphatic hydroxyl groups is 1. The Morgan fingerprint density at radius 1 is 1.00 bits per heavy atom. The van der Waals surface area contributed by atoms with E-state index in [-0.39, 0.29) is 22.8 Å². The van der Waals surface area contributed by atoms with Crippen LogP contribution in [0.25, 0.3) is 5.57 Å². The summed E-state index contributed by atoms with van der Waals surface area (Å²) in [5.41, 5.74) is 0.938. The van der Waals surface area contributed by atoms with Gasteiger partial charge in [-0.2, -0.15) is 0 Å². The molecule has 0 saturated carbocycles. The van der Waals surface area contributed by atoms with Gasteiger partial charge < -0.3 is 14.6 Å². The monoisotopic (exact) mass is 403 g/mol. The molecule has 0 spiro atoms. The summed E-state index contributed by atoms with van der Waals surface area (Å²) in [5, 5.41) is 9.15. The third kappa shape index (κ3) is 3.61. The molecule has 2 aromatic carbocycles. The van der Waals surface area contributed by atoms with Crippen molar-refractivity contribution < 1.29 is 28.6 Å². The lowest BCUT2D eigenvalue weighted by atomic mass is 10.1. The average Bonchev–Trinajstić information content (AvgIpc) is 2.96. The Labute approximate surface area is 165 Å². The smallest absolute Gasteiger partial charge is 0.272 e. The number of anilines is 1. The van der Waals surface area contributed by atoms with Crippen LogP contribution in [-0.2, 0) is 9.59 Å². The minimum Gasteiger partial charge on any atom is -0.493 e. The number of methoxy groups -OCH3 is 2. The number of nitrogens with zero attached hydrogens (tertiary/aromatic N) is 1. The molecule has 28 heavy (non-hydrogen) atoms. The number of amides is 2. The topological polar surface area (TPSA) is 76.1 Å². The molecule has 0 radical (unpaired) electrons. The fraction of sp³-hybridized carbons (Fsp3) is 0.200. The van der Waals surface area contributed by atoms with E-state index in [0.717, 1.165) is 16.7 Å². The minimum atomic E-state index is -0.524. The van der Waals surface area contributed by atoms with Gasteiger partial charge in [0.1, 0.15) is 5.82 Å². The molecule has 3 rings (SSSR count). The van der Waals surface area contributed by atoms with Gasteiger partial charge in [-0.05, 0) is 29.8 Å². The van der Waals surface area contributed by atoms with Crippen LogP contribution >= 0.6 is 11.8 Å². The van der Waals surface area contributed by atoms with E-state index in [0.29, 0.717) is 22.7 Å². The number of carbonyl (C=O) groups excluding carboxylic acids is 2. The second-order valence-electron chi connectivity index (χ2n) is 5.77. The first-order valence-corrected chi connectivity index (χ1v) is 9.35. The number of carbonyl (C=O) groups is 2. The first-order chi connectivity index (χ1) is 13.5. The van der Waals surface area contributed by atoms with Crippen molar-refractivity contribution >= 4 is 34.8 Å². The zero-order valence-corrected chi connectivity index (χ0v) is 16.1. The number of benzene rings is 2. The van der Waals surface area contributed by atoms with E-state index in [9.17, 15) is 14.0 Å². The van der Waals surface area contributed by atoms with Gasteiger partial charge in [-0.3, -0.25) is 9.59 Å². The molecule has 0 unspecified atom stereocenters. The van der Waals surface area contributed by atoms with Gasteiger partial charge in [-0.25, -0.2) is 9.29 Å². The van der Waals surface area contributed by atoms with Crippen LogP contribution in [0.4, 0.5) is 10.1 Å². The van der Waals surface area contributed by atoms with Gasteiger partial charge >= 0.3 is 0 Å². The summed E-state index contributed by atoms with van der Waals surface area (Å²) in [7, 11) is 2.95. The average molecular weight is 403 g/mol. The van der Waals surface area contributed by atoms with Crippen LogP contribution < -0.4 is 14.4 Å². The van der Waals surface area contributed by atoms with E-state index in [4.69, 9.17) is 14.6 Å². The van der Waals surface area contributed by atoms with Crippen LogP contribution in [0, 0.1) is 5.82 Å². The van der Waals surface area contributed by atoms with E-state index in [2.05, 4.69) is 0 Å². The Kier molecular flexibility index (Phi) is 6.01. The number of ether oxygens (including phenoxy) is 2. The molecule has 8 heteroatoms. The van der Waals surface area contributed by atoms with Crippen molar-refractivity contribution in [2.45, 2.75) is 0 Å². The number of imide groups is 1. The highest BCUT2D eigenvalue weighted by molar-refractivity contribution is 8.04. The van der Waals surface area contributed by atoms with Gasteiger partial charge in [-0.1, -0.05) is 12.1 Å². The summed E-state index contributed by atoms with van der Waals surface area (Å²) >= 11 is 1.09. The maximum absolute atomic E-state index is 13.3. The molecule has 1 aliphatic rings. The first-order valence-electron chi connectivity index (χ1n) is 8.36. The van der Waals surface area contributed by atoms with E-state index in [1.54, 1.807) is 12.1 Å². The Bertz CT molecular complexity index is 942. The van der Waals surface area contributed by atoms with Crippen molar-refractivity contribution in [3.05, 3.63) is 58.8 Å². The number of rotatable bonds is 7. The molecule has 1 heterocycles. The normalized spacial score (nSPS) is 14.1. The standard InChI is InChI=1S/C20H18FNO5S/c1-26-15-8-7-14(11-16(15)27-2)22-19(24)17(12-3-5-13(21)6-4-12)18(20(22)25)28-10-9-23/h3-8,11,23H,9-10H2,1-2H3. The second kappa shape index (κ2) is 8.45. The Morgan fingerprint density at radius 3 is 2.29 bits per heavy atom. The Balaban J connectivity index is 2.06. The summed E-state index contributed by atoms with van der Waals surface area (Å²) in [6, 6.07) is 10.1. The number of aliphatic hydroxyl groups excluding tert-OH is 1. The second-order valence-corrected chi connectivity index (χ2v) is 6.87. The summed E-state index contributed by atoms with van der Waals surface area (Å²) in [4.78, 5) is 27.4. The van der Waals surface area contributed by atoms with Crippen molar-refractivity contribution in [1.82, 2.24) is 0 Å². The highest BCUT2D eigenvalue weighted by atomic mass is 32.2. The summed E-state index contributed by atoms with van der Waals surface area (Å²) in [6.45, 7) is -0.150. The van der Waals surface area contributed by atoms with Gasteiger partial charge in [0.25, 0.3) is 11.8 Å². The summed E-state index contributed by atoms with van der Waals surface area (Å²) in [6.07, 6.45) is 0. The fourth-order valence-electron chi connectivity index (χ4n) is 2.86. The highest BCUT2D eigenvalue weighted by Gasteiger charge is 2.40. The molecule has 1 aliphatic heterocycles. The number of hydrogen-bond acceptors (Lipinski definition) is 6. The molecule has 0 aliphatic carbocycles. The van der Waals surface area contributed by atoms with Gasteiger partial charge in [-0.15, -0.1) is 11.8 Å². The van der Waals surface area contributed by atoms with Crippen molar-refractivity contribution in [2.75, 3.05) is 31.5 Å². The SMILES string of the molecule is COc1ccc(N2C(=O)C(SCCO)=C(c3ccc(F)cc3)C2=O)cc1OC. The zero-order valence-electron chi connectivity index (χ0n) is 15.3. The zero-order chi connectivity index (χ0) is 20.3. The van der Waals surface area contributed by atoms with Crippen molar-refractivity contribution in [1.29, 1.82) is 0 Å². The van der Waals surface area contributed by atoms with Crippen molar-refractivity contribution in [2.24, 2.45) is 0 Å². The van der Waals surface area contributed by atoms with Crippen LogP contribution in [-0.4, -0.2) is 43.5 Å². The van der Waals surface area contributed by atoms with Gasteiger partial charge in [0, 0.05) is 11.8 Å². The Hall–Kier alpha value is -2.84.